The number of hydrogen-bond donors (Lipinski definition) is 1. The van der Waals surface area contributed by atoms with Crippen molar-refractivity contribution in [2.75, 3.05) is 11.9 Å². The predicted octanol–water partition coefficient (Wildman–Crippen LogP) is 3.94. The number of oxime groups is 1. The topological polar surface area (TPSA) is 63.6 Å². The van der Waals surface area contributed by atoms with Crippen molar-refractivity contribution in [1.82, 2.24) is 4.98 Å². The number of carbonyl (C=O) groups excluding carboxylic acids is 1. The molecule has 1 aromatic heterocycles. The average Bonchev–Trinajstić information content (AvgIpc) is 2.94. The van der Waals surface area contributed by atoms with E-state index < -0.39 is 0 Å². The van der Waals surface area contributed by atoms with Gasteiger partial charge in [0.15, 0.2) is 11.7 Å². The zero-order chi connectivity index (χ0) is 16.1. The first-order valence-electron chi connectivity index (χ1n) is 6.77. The largest absolute Gasteiger partial charge is 0.386 e. The molecule has 0 radical (unpaired) electrons. The van der Waals surface area contributed by atoms with Gasteiger partial charge >= 0.3 is 0 Å². The summed E-state index contributed by atoms with van der Waals surface area (Å²) >= 11 is 7.27. The van der Waals surface area contributed by atoms with Crippen LogP contribution in [0.2, 0.25) is 5.02 Å². The predicted molar refractivity (Wildman–Crippen MR) is 93.2 cm³/mol. The molecule has 3 rings (SSSR count). The average molecular weight is 346 g/mol. The molecule has 1 N–H and O–H groups in total. The van der Waals surface area contributed by atoms with Crippen molar-refractivity contribution in [3.8, 4) is 0 Å². The summed E-state index contributed by atoms with van der Waals surface area (Å²) in [7, 11) is 0. The molecule has 116 valence electrons. The highest BCUT2D eigenvalue weighted by molar-refractivity contribution is 7.22. The molecule has 0 saturated carbocycles. The van der Waals surface area contributed by atoms with Crippen LogP contribution in [0.4, 0.5) is 5.13 Å². The van der Waals surface area contributed by atoms with Gasteiger partial charge in [-0.25, -0.2) is 4.98 Å². The zero-order valence-electron chi connectivity index (χ0n) is 11.9. The molecule has 23 heavy (non-hydrogen) atoms. The van der Waals surface area contributed by atoms with Gasteiger partial charge < -0.3 is 4.84 Å². The number of benzene rings is 2. The normalized spacial score (nSPS) is 11.0. The third-order valence-corrected chi connectivity index (χ3v) is 4.05. The number of hydrogen-bond acceptors (Lipinski definition) is 5. The minimum Gasteiger partial charge on any atom is -0.386 e. The monoisotopic (exact) mass is 345 g/mol. The van der Waals surface area contributed by atoms with E-state index in [1.165, 1.54) is 17.6 Å². The highest BCUT2D eigenvalue weighted by atomic mass is 35.5. The quantitative estimate of drug-likeness (QED) is 0.562. The fourth-order valence-electron chi connectivity index (χ4n) is 1.86. The van der Waals surface area contributed by atoms with Crippen molar-refractivity contribution in [2.24, 2.45) is 5.16 Å². The summed E-state index contributed by atoms with van der Waals surface area (Å²) in [4.78, 5) is 21.1. The number of rotatable bonds is 5. The lowest BCUT2D eigenvalue weighted by molar-refractivity contribution is -0.120. The van der Waals surface area contributed by atoms with Crippen molar-refractivity contribution < 1.29 is 9.63 Å². The van der Waals surface area contributed by atoms with Crippen LogP contribution in [-0.4, -0.2) is 23.7 Å². The Morgan fingerprint density at radius 1 is 1.30 bits per heavy atom. The first-order chi connectivity index (χ1) is 11.2. The van der Waals surface area contributed by atoms with E-state index in [0.29, 0.717) is 10.2 Å². The number of anilines is 1. The van der Waals surface area contributed by atoms with Gasteiger partial charge in [0.2, 0.25) is 0 Å². The van der Waals surface area contributed by atoms with E-state index in [4.69, 9.17) is 16.4 Å². The van der Waals surface area contributed by atoms with Crippen LogP contribution in [0.3, 0.4) is 0 Å². The molecule has 3 aromatic rings. The number of aromatic nitrogens is 1. The molecule has 0 unspecified atom stereocenters. The summed E-state index contributed by atoms with van der Waals surface area (Å²) in [6.45, 7) is -0.188. The zero-order valence-corrected chi connectivity index (χ0v) is 13.5. The summed E-state index contributed by atoms with van der Waals surface area (Å²) in [6, 6.07) is 14.8. The van der Waals surface area contributed by atoms with Gasteiger partial charge in [-0.1, -0.05) is 52.4 Å². The highest BCUT2D eigenvalue weighted by Crippen LogP contribution is 2.25. The highest BCUT2D eigenvalue weighted by Gasteiger charge is 2.07. The Balaban J connectivity index is 1.51. The van der Waals surface area contributed by atoms with E-state index in [1.54, 1.807) is 12.1 Å². The van der Waals surface area contributed by atoms with Crippen LogP contribution in [0.25, 0.3) is 10.2 Å². The summed E-state index contributed by atoms with van der Waals surface area (Å²) in [5.41, 5.74) is 1.65. The molecule has 1 heterocycles. The number of thiazole rings is 1. The first-order valence-corrected chi connectivity index (χ1v) is 7.96. The molecule has 1 amide bonds. The molecule has 0 atom stereocenters. The minimum atomic E-state index is -0.313. The maximum absolute atomic E-state index is 11.8. The van der Waals surface area contributed by atoms with Crippen LogP contribution in [0.5, 0.6) is 0 Å². The summed E-state index contributed by atoms with van der Waals surface area (Å²) in [6.07, 6.45) is 1.50. The Labute approximate surface area is 141 Å². The van der Waals surface area contributed by atoms with Crippen LogP contribution in [0.1, 0.15) is 5.56 Å². The SMILES string of the molecule is O=C(CO/N=C/c1cccc(Cl)c1)Nc1nc2ccccc2s1. The number of amides is 1. The molecule has 0 aliphatic carbocycles. The summed E-state index contributed by atoms with van der Waals surface area (Å²) in [5.74, 6) is -0.313. The lowest BCUT2D eigenvalue weighted by atomic mass is 10.2. The molecule has 0 fully saturated rings. The summed E-state index contributed by atoms with van der Waals surface area (Å²) in [5, 5.41) is 7.59. The molecule has 0 aliphatic heterocycles. The lowest BCUT2D eigenvalue weighted by Crippen LogP contribution is -2.16. The number of nitrogens with one attached hydrogen (secondary N) is 1. The molecule has 0 bridgehead atoms. The molecule has 0 spiro atoms. The first kappa shape index (κ1) is 15.5. The lowest BCUT2D eigenvalue weighted by Gasteiger charge is -2.00. The van der Waals surface area contributed by atoms with E-state index in [2.05, 4.69) is 15.5 Å². The molecule has 5 nitrogen and oxygen atoms in total. The third kappa shape index (κ3) is 4.28. The second-order valence-corrected chi connectivity index (χ2v) is 6.06. The van der Waals surface area contributed by atoms with E-state index in [9.17, 15) is 4.79 Å². The molecule has 0 saturated heterocycles. The van der Waals surface area contributed by atoms with Crippen molar-refractivity contribution in [2.45, 2.75) is 0 Å². The molecule has 0 aliphatic rings. The van der Waals surface area contributed by atoms with Crippen molar-refractivity contribution >= 4 is 50.4 Å². The van der Waals surface area contributed by atoms with E-state index in [-0.39, 0.29) is 12.5 Å². The Kier molecular flexibility index (Phi) is 4.85. The van der Waals surface area contributed by atoms with Crippen molar-refractivity contribution in [3.63, 3.8) is 0 Å². The Morgan fingerprint density at radius 3 is 3.00 bits per heavy atom. The fourth-order valence-corrected chi connectivity index (χ4v) is 2.94. The third-order valence-electron chi connectivity index (χ3n) is 2.86. The second-order valence-electron chi connectivity index (χ2n) is 4.60. The van der Waals surface area contributed by atoms with Crippen molar-refractivity contribution in [1.29, 1.82) is 0 Å². The number of para-hydroxylation sites is 1. The minimum absolute atomic E-state index is 0.188. The maximum Gasteiger partial charge on any atom is 0.266 e. The standard InChI is InChI=1S/C16H12ClN3O2S/c17-12-5-3-4-11(8-12)9-18-22-10-15(21)20-16-19-13-6-1-2-7-14(13)23-16/h1-9H,10H2,(H,19,20,21)/b18-9+. The van der Waals surface area contributed by atoms with Gasteiger partial charge in [-0.2, -0.15) is 0 Å². The van der Waals surface area contributed by atoms with E-state index in [1.807, 2.05) is 36.4 Å². The Hall–Kier alpha value is -2.44. The molecule has 7 heteroatoms. The smallest absolute Gasteiger partial charge is 0.266 e. The van der Waals surface area contributed by atoms with Gasteiger partial charge in [0.05, 0.1) is 16.4 Å². The summed E-state index contributed by atoms with van der Waals surface area (Å²) < 4.78 is 1.02. The molecule has 2 aromatic carbocycles. The Morgan fingerprint density at radius 2 is 2.17 bits per heavy atom. The molecular weight excluding hydrogens is 334 g/mol. The van der Waals surface area contributed by atoms with Crippen LogP contribution in [0.15, 0.2) is 53.7 Å². The van der Waals surface area contributed by atoms with Gasteiger partial charge in [-0.15, -0.1) is 0 Å². The second kappa shape index (κ2) is 7.21. The number of nitrogens with zero attached hydrogens (tertiary/aromatic N) is 2. The van der Waals surface area contributed by atoms with Crippen LogP contribution in [0, 0.1) is 0 Å². The van der Waals surface area contributed by atoms with Crippen molar-refractivity contribution in [3.05, 3.63) is 59.1 Å². The molecular formula is C16H12ClN3O2S. The van der Waals surface area contributed by atoms with E-state index in [0.717, 1.165) is 15.8 Å². The van der Waals surface area contributed by atoms with Gasteiger partial charge in [0, 0.05) is 5.02 Å². The number of halogens is 1. The van der Waals surface area contributed by atoms with Gasteiger partial charge in [0.1, 0.15) is 0 Å². The van der Waals surface area contributed by atoms with Crippen LogP contribution < -0.4 is 5.32 Å². The Bertz CT molecular complexity index is 830. The number of carbonyl (C=O) groups is 1. The number of fused-ring (bicyclic) bond motifs is 1. The van der Waals surface area contributed by atoms with E-state index >= 15 is 0 Å². The van der Waals surface area contributed by atoms with Crippen LogP contribution >= 0.6 is 22.9 Å². The van der Waals surface area contributed by atoms with Gasteiger partial charge in [-0.05, 0) is 29.8 Å². The van der Waals surface area contributed by atoms with Crippen LogP contribution in [-0.2, 0) is 9.63 Å². The van der Waals surface area contributed by atoms with Gasteiger partial charge in [0.25, 0.3) is 5.91 Å². The fraction of sp³-hybridized carbons (Fsp3) is 0.0625. The maximum atomic E-state index is 11.8. The van der Waals surface area contributed by atoms with Gasteiger partial charge in [-0.3, -0.25) is 10.1 Å².